The fourth-order valence-corrected chi connectivity index (χ4v) is 4.11. The second-order valence-corrected chi connectivity index (χ2v) is 7.71. The van der Waals surface area contributed by atoms with Gasteiger partial charge in [0.25, 0.3) is 10.0 Å². The number of carbonyl (C=O) groups is 1. The summed E-state index contributed by atoms with van der Waals surface area (Å²) in [6.07, 6.45) is 5.70. The van der Waals surface area contributed by atoms with E-state index >= 15 is 0 Å². The number of nitrogens with one attached hydrogen (secondary N) is 1. The van der Waals surface area contributed by atoms with Gasteiger partial charge in [-0.2, -0.15) is 0 Å². The number of hydrogen-bond acceptors (Lipinski definition) is 5. The Bertz CT molecular complexity index is 680. The van der Waals surface area contributed by atoms with Gasteiger partial charge in [0.05, 0.1) is 4.90 Å². The predicted octanol–water partition coefficient (Wildman–Crippen LogP) is 2.23. The smallest absolute Gasteiger partial charge is 0.264 e. The Labute approximate surface area is 136 Å². The van der Waals surface area contributed by atoms with Crippen molar-refractivity contribution in [1.82, 2.24) is 4.72 Å². The summed E-state index contributed by atoms with van der Waals surface area (Å²) in [4.78, 5) is 11.9. The molecule has 23 heavy (non-hydrogen) atoms. The lowest BCUT2D eigenvalue weighted by molar-refractivity contribution is -0.119. The molecule has 3 rings (SSSR count). The lowest BCUT2D eigenvalue weighted by Crippen LogP contribution is -2.30. The van der Waals surface area contributed by atoms with Gasteiger partial charge in [0.1, 0.15) is 13.2 Å². The maximum Gasteiger partial charge on any atom is 0.264 e. The van der Waals surface area contributed by atoms with Gasteiger partial charge in [-0.25, -0.2) is 13.1 Å². The van der Waals surface area contributed by atoms with Crippen molar-refractivity contribution in [1.29, 1.82) is 0 Å². The third-order valence-corrected chi connectivity index (χ3v) is 5.70. The van der Waals surface area contributed by atoms with Crippen LogP contribution in [0.2, 0.25) is 0 Å². The molecule has 7 heteroatoms. The summed E-state index contributed by atoms with van der Waals surface area (Å²) in [6, 6.07) is 4.35. The molecule has 1 saturated carbocycles. The van der Waals surface area contributed by atoms with Crippen LogP contribution in [0, 0.1) is 5.92 Å². The van der Waals surface area contributed by atoms with Gasteiger partial charge in [-0.3, -0.25) is 4.79 Å². The van der Waals surface area contributed by atoms with Crippen LogP contribution < -0.4 is 14.2 Å². The van der Waals surface area contributed by atoms with E-state index in [2.05, 4.69) is 4.72 Å². The highest BCUT2D eigenvalue weighted by atomic mass is 32.2. The average Bonchev–Trinajstić information content (AvgIpc) is 3.05. The highest BCUT2D eigenvalue weighted by Crippen LogP contribution is 2.32. The van der Waals surface area contributed by atoms with Gasteiger partial charge in [-0.05, 0) is 24.5 Å². The zero-order chi connectivity index (χ0) is 16.3. The molecule has 0 atom stereocenters. The summed E-state index contributed by atoms with van der Waals surface area (Å²) in [6.45, 7) is 0.821. The molecule has 1 aliphatic heterocycles. The van der Waals surface area contributed by atoms with Gasteiger partial charge in [-0.1, -0.05) is 25.7 Å². The number of hydrogen-bond donors (Lipinski definition) is 1. The number of rotatable bonds is 5. The molecular formula is C16H21NO5S. The normalized spacial score (nSPS) is 17.9. The van der Waals surface area contributed by atoms with Gasteiger partial charge >= 0.3 is 0 Å². The standard InChI is InChI=1S/C16H21NO5S/c18-16(8-5-12-3-1-2-4-12)17-23(19,20)13-6-7-14-15(11-13)22-10-9-21-14/h6-7,11-12H,1-5,8-10H2,(H,17,18). The third-order valence-electron chi connectivity index (χ3n) is 4.33. The summed E-state index contributed by atoms with van der Waals surface area (Å²) >= 11 is 0. The largest absolute Gasteiger partial charge is 0.486 e. The van der Waals surface area contributed by atoms with Gasteiger partial charge in [0, 0.05) is 12.5 Å². The van der Waals surface area contributed by atoms with Crippen molar-refractivity contribution >= 4 is 15.9 Å². The van der Waals surface area contributed by atoms with Gasteiger partial charge in [0.2, 0.25) is 5.91 Å². The maximum atomic E-state index is 12.3. The number of amides is 1. The fraction of sp³-hybridized carbons (Fsp3) is 0.562. The number of sulfonamides is 1. The third kappa shape index (κ3) is 3.96. The molecule has 1 heterocycles. The lowest BCUT2D eigenvalue weighted by Gasteiger charge is -2.19. The molecule has 1 aromatic rings. The second-order valence-electron chi connectivity index (χ2n) is 6.02. The molecule has 0 aromatic heterocycles. The monoisotopic (exact) mass is 339 g/mol. The quantitative estimate of drug-likeness (QED) is 0.889. The van der Waals surface area contributed by atoms with Gasteiger partial charge < -0.3 is 9.47 Å². The van der Waals surface area contributed by atoms with Crippen LogP contribution in [0.15, 0.2) is 23.1 Å². The SMILES string of the molecule is O=C(CCC1CCCC1)NS(=O)(=O)c1ccc2c(c1)OCCO2. The Kier molecular flexibility index (Phi) is 4.75. The van der Waals surface area contributed by atoms with Crippen LogP contribution >= 0.6 is 0 Å². The van der Waals surface area contributed by atoms with Crippen molar-refractivity contribution in [2.24, 2.45) is 5.92 Å². The molecule has 1 fully saturated rings. The zero-order valence-electron chi connectivity index (χ0n) is 12.9. The van der Waals surface area contributed by atoms with Crippen LogP contribution in [0.4, 0.5) is 0 Å². The molecule has 0 saturated heterocycles. The van der Waals surface area contributed by atoms with E-state index in [1.54, 1.807) is 6.07 Å². The summed E-state index contributed by atoms with van der Waals surface area (Å²) < 4.78 is 37.5. The van der Waals surface area contributed by atoms with Crippen LogP contribution in [-0.2, 0) is 14.8 Å². The Balaban J connectivity index is 1.62. The summed E-state index contributed by atoms with van der Waals surface area (Å²) in [5, 5.41) is 0. The van der Waals surface area contributed by atoms with Gasteiger partial charge in [-0.15, -0.1) is 0 Å². The average molecular weight is 339 g/mol. The number of fused-ring (bicyclic) bond motifs is 1. The van der Waals surface area contributed by atoms with E-state index in [0.29, 0.717) is 30.6 Å². The Morgan fingerprint density at radius 2 is 1.83 bits per heavy atom. The molecule has 0 spiro atoms. The first kappa shape index (κ1) is 16.1. The van der Waals surface area contributed by atoms with Crippen LogP contribution in [0.5, 0.6) is 11.5 Å². The van der Waals surface area contributed by atoms with Crippen LogP contribution in [0.3, 0.4) is 0 Å². The van der Waals surface area contributed by atoms with Crippen molar-refractivity contribution in [3.05, 3.63) is 18.2 Å². The molecule has 2 aliphatic rings. The summed E-state index contributed by atoms with van der Waals surface area (Å²) in [5.74, 6) is 1.00. The van der Waals surface area contributed by atoms with Crippen molar-refractivity contribution in [2.45, 2.75) is 43.4 Å². The summed E-state index contributed by atoms with van der Waals surface area (Å²) in [5.41, 5.74) is 0. The minimum absolute atomic E-state index is 0.0102. The molecule has 1 N–H and O–H groups in total. The van der Waals surface area contributed by atoms with Crippen molar-refractivity contribution in [3.63, 3.8) is 0 Å². The first-order valence-corrected chi connectivity index (χ1v) is 9.48. The molecule has 0 bridgehead atoms. The number of carbonyl (C=O) groups excluding carboxylic acids is 1. The zero-order valence-corrected chi connectivity index (χ0v) is 13.7. The Morgan fingerprint density at radius 3 is 2.57 bits per heavy atom. The molecule has 126 valence electrons. The minimum atomic E-state index is -3.87. The van der Waals surface area contributed by atoms with E-state index in [1.807, 2.05) is 0 Å². The fourth-order valence-electron chi connectivity index (χ4n) is 3.08. The molecular weight excluding hydrogens is 318 g/mol. The molecule has 0 unspecified atom stereocenters. The van der Waals surface area contributed by atoms with E-state index in [9.17, 15) is 13.2 Å². The van der Waals surface area contributed by atoms with Crippen LogP contribution in [-0.4, -0.2) is 27.5 Å². The van der Waals surface area contributed by atoms with E-state index < -0.39 is 15.9 Å². The second kappa shape index (κ2) is 6.78. The highest BCUT2D eigenvalue weighted by Gasteiger charge is 2.22. The van der Waals surface area contributed by atoms with E-state index in [0.717, 1.165) is 19.3 Å². The molecule has 1 amide bonds. The van der Waals surface area contributed by atoms with Crippen LogP contribution in [0.1, 0.15) is 38.5 Å². The molecule has 1 aliphatic carbocycles. The predicted molar refractivity (Wildman–Crippen MR) is 84.0 cm³/mol. The topological polar surface area (TPSA) is 81.7 Å². The van der Waals surface area contributed by atoms with E-state index in [1.165, 1.54) is 25.0 Å². The maximum absolute atomic E-state index is 12.3. The Morgan fingerprint density at radius 1 is 1.13 bits per heavy atom. The molecule has 6 nitrogen and oxygen atoms in total. The van der Waals surface area contributed by atoms with Crippen molar-refractivity contribution < 1.29 is 22.7 Å². The Hall–Kier alpha value is -1.76. The molecule has 1 aromatic carbocycles. The molecule has 0 radical (unpaired) electrons. The number of benzene rings is 1. The van der Waals surface area contributed by atoms with E-state index in [4.69, 9.17) is 9.47 Å². The van der Waals surface area contributed by atoms with Crippen molar-refractivity contribution in [3.8, 4) is 11.5 Å². The highest BCUT2D eigenvalue weighted by molar-refractivity contribution is 7.90. The van der Waals surface area contributed by atoms with E-state index in [-0.39, 0.29) is 11.3 Å². The number of ether oxygens (including phenoxy) is 2. The van der Waals surface area contributed by atoms with Crippen LogP contribution in [0.25, 0.3) is 0 Å². The first-order valence-electron chi connectivity index (χ1n) is 8.00. The first-order chi connectivity index (χ1) is 11.0. The van der Waals surface area contributed by atoms with Gasteiger partial charge in [0.15, 0.2) is 11.5 Å². The minimum Gasteiger partial charge on any atom is -0.486 e. The summed E-state index contributed by atoms with van der Waals surface area (Å²) in [7, 11) is -3.87. The van der Waals surface area contributed by atoms with Crippen molar-refractivity contribution in [2.75, 3.05) is 13.2 Å². The lowest BCUT2D eigenvalue weighted by atomic mass is 10.0.